The van der Waals surface area contributed by atoms with Crippen LogP contribution in [-0.2, 0) is 16.1 Å². The minimum Gasteiger partial charge on any atom is -0.372 e. The number of aromatic nitrogens is 2. The van der Waals surface area contributed by atoms with Crippen molar-refractivity contribution in [3.05, 3.63) is 59.6 Å². The monoisotopic (exact) mass is 434 g/mol. The van der Waals surface area contributed by atoms with Gasteiger partial charge in [0.15, 0.2) is 5.76 Å². The molecule has 3 aromatic rings. The van der Waals surface area contributed by atoms with Crippen LogP contribution in [0.5, 0.6) is 0 Å². The van der Waals surface area contributed by atoms with Crippen LogP contribution in [0, 0.1) is 6.92 Å². The zero-order valence-electron chi connectivity index (χ0n) is 18.1. The highest BCUT2D eigenvalue weighted by Crippen LogP contribution is 2.32. The number of rotatable bonds is 3. The third kappa shape index (κ3) is 3.98. The third-order valence-electron chi connectivity index (χ3n) is 6.42. The SMILES string of the molecule is Cc1cc(CN2CC3(CCN(C(=O)c4cccc5ncccc45)CC3)OCCC2=O)on1. The number of benzene rings is 1. The van der Waals surface area contributed by atoms with Crippen LogP contribution >= 0.6 is 0 Å². The Bertz CT molecular complexity index is 1140. The zero-order chi connectivity index (χ0) is 22.1. The van der Waals surface area contributed by atoms with Gasteiger partial charge in [-0.25, -0.2) is 0 Å². The van der Waals surface area contributed by atoms with Crippen LogP contribution in [0.25, 0.3) is 10.9 Å². The number of nitrogens with zero attached hydrogens (tertiary/aromatic N) is 4. The van der Waals surface area contributed by atoms with Crippen LogP contribution in [0.15, 0.2) is 47.1 Å². The van der Waals surface area contributed by atoms with E-state index in [2.05, 4.69) is 10.1 Å². The fraction of sp³-hybridized carbons (Fsp3) is 0.417. The average molecular weight is 434 g/mol. The summed E-state index contributed by atoms with van der Waals surface area (Å²) in [5, 5.41) is 4.79. The van der Waals surface area contributed by atoms with Gasteiger partial charge in [-0.1, -0.05) is 17.3 Å². The summed E-state index contributed by atoms with van der Waals surface area (Å²) in [5.41, 5.74) is 1.84. The second kappa shape index (κ2) is 8.35. The predicted molar refractivity (Wildman–Crippen MR) is 117 cm³/mol. The molecular formula is C24H26N4O4. The molecule has 0 atom stereocenters. The highest BCUT2D eigenvalue weighted by molar-refractivity contribution is 6.06. The van der Waals surface area contributed by atoms with E-state index in [4.69, 9.17) is 9.26 Å². The molecule has 5 rings (SSSR count). The lowest BCUT2D eigenvalue weighted by Crippen LogP contribution is -2.53. The fourth-order valence-electron chi connectivity index (χ4n) is 4.70. The molecule has 1 aromatic carbocycles. The average Bonchev–Trinajstić information content (AvgIpc) is 3.16. The molecule has 0 bridgehead atoms. The Kier molecular flexibility index (Phi) is 5.38. The topological polar surface area (TPSA) is 88.8 Å². The summed E-state index contributed by atoms with van der Waals surface area (Å²) >= 11 is 0. The quantitative estimate of drug-likeness (QED) is 0.630. The lowest BCUT2D eigenvalue weighted by atomic mass is 9.90. The predicted octanol–water partition coefficient (Wildman–Crippen LogP) is 2.96. The second-order valence-corrected chi connectivity index (χ2v) is 8.63. The number of amides is 2. The van der Waals surface area contributed by atoms with E-state index >= 15 is 0 Å². The lowest BCUT2D eigenvalue weighted by Gasteiger charge is -2.42. The minimum atomic E-state index is -0.446. The molecule has 2 aromatic heterocycles. The largest absolute Gasteiger partial charge is 0.372 e. The van der Waals surface area contributed by atoms with Crippen LogP contribution in [0.1, 0.15) is 41.1 Å². The van der Waals surface area contributed by atoms with Crippen molar-refractivity contribution in [3.63, 3.8) is 0 Å². The highest BCUT2D eigenvalue weighted by Gasteiger charge is 2.41. The molecule has 0 unspecified atom stereocenters. The summed E-state index contributed by atoms with van der Waals surface area (Å²) in [5.74, 6) is 0.736. The number of pyridine rings is 1. The molecule has 32 heavy (non-hydrogen) atoms. The van der Waals surface area contributed by atoms with Gasteiger partial charge in [0.05, 0.1) is 42.9 Å². The maximum Gasteiger partial charge on any atom is 0.254 e. The van der Waals surface area contributed by atoms with E-state index in [9.17, 15) is 9.59 Å². The second-order valence-electron chi connectivity index (χ2n) is 8.63. The number of hydrogen-bond acceptors (Lipinski definition) is 6. The molecular weight excluding hydrogens is 408 g/mol. The molecule has 2 saturated heterocycles. The van der Waals surface area contributed by atoms with E-state index in [0.29, 0.717) is 63.4 Å². The van der Waals surface area contributed by atoms with Gasteiger partial charge in [-0.3, -0.25) is 14.6 Å². The molecule has 0 N–H and O–H groups in total. The maximum atomic E-state index is 13.3. The van der Waals surface area contributed by atoms with Gasteiger partial charge < -0.3 is 19.1 Å². The van der Waals surface area contributed by atoms with Crippen molar-refractivity contribution in [2.75, 3.05) is 26.2 Å². The Balaban J connectivity index is 1.30. The summed E-state index contributed by atoms with van der Waals surface area (Å²) in [7, 11) is 0. The zero-order valence-corrected chi connectivity index (χ0v) is 18.1. The van der Waals surface area contributed by atoms with E-state index < -0.39 is 5.60 Å². The first-order chi connectivity index (χ1) is 15.5. The number of piperidine rings is 1. The van der Waals surface area contributed by atoms with Gasteiger partial charge in [0.2, 0.25) is 5.91 Å². The van der Waals surface area contributed by atoms with E-state index in [1.807, 2.05) is 48.2 Å². The van der Waals surface area contributed by atoms with Crippen molar-refractivity contribution in [1.29, 1.82) is 0 Å². The smallest absolute Gasteiger partial charge is 0.254 e. The molecule has 4 heterocycles. The van der Waals surface area contributed by atoms with Crippen molar-refractivity contribution in [2.45, 2.75) is 38.3 Å². The standard InChI is InChI=1S/C24H26N4O4/c1-17-14-18(32-26-17)15-28-16-24(31-13-7-22(28)29)8-11-27(12-9-24)23(30)20-4-2-6-21-19(20)5-3-10-25-21/h2-6,10,14H,7-9,11-13,15-16H2,1H3. The third-order valence-corrected chi connectivity index (χ3v) is 6.42. The molecule has 0 saturated carbocycles. The summed E-state index contributed by atoms with van der Waals surface area (Å²) in [6.45, 7) is 4.30. The first-order valence-electron chi connectivity index (χ1n) is 11.0. The number of carbonyl (C=O) groups excluding carboxylic acids is 2. The molecule has 2 aliphatic heterocycles. The van der Waals surface area contributed by atoms with Gasteiger partial charge >= 0.3 is 0 Å². The van der Waals surface area contributed by atoms with Gasteiger partial charge in [-0.2, -0.15) is 0 Å². The molecule has 2 fully saturated rings. The van der Waals surface area contributed by atoms with Crippen LogP contribution in [-0.4, -0.2) is 63.6 Å². The van der Waals surface area contributed by atoms with Gasteiger partial charge in [-0.15, -0.1) is 0 Å². The van der Waals surface area contributed by atoms with Gasteiger partial charge in [0, 0.05) is 36.3 Å². The van der Waals surface area contributed by atoms with Crippen molar-refractivity contribution in [1.82, 2.24) is 19.9 Å². The van der Waals surface area contributed by atoms with Crippen LogP contribution in [0.4, 0.5) is 0 Å². The summed E-state index contributed by atoms with van der Waals surface area (Å²) in [6, 6.07) is 11.3. The highest BCUT2D eigenvalue weighted by atomic mass is 16.5. The van der Waals surface area contributed by atoms with E-state index in [1.54, 1.807) is 11.1 Å². The fourth-order valence-corrected chi connectivity index (χ4v) is 4.70. The Morgan fingerprint density at radius 3 is 2.81 bits per heavy atom. The van der Waals surface area contributed by atoms with Crippen molar-refractivity contribution in [3.8, 4) is 0 Å². The molecule has 166 valence electrons. The molecule has 1 spiro atoms. The number of hydrogen-bond donors (Lipinski definition) is 0. The van der Waals surface area contributed by atoms with Crippen LogP contribution in [0.3, 0.4) is 0 Å². The molecule has 2 aliphatic rings. The molecule has 8 nitrogen and oxygen atoms in total. The Hall–Kier alpha value is -3.26. The van der Waals surface area contributed by atoms with E-state index in [-0.39, 0.29) is 11.8 Å². The van der Waals surface area contributed by atoms with E-state index in [0.717, 1.165) is 16.6 Å². The van der Waals surface area contributed by atoms with Crippen LogP contribution < -0.4 is 0 Å². The summed E-state index contributed by atoms with van der Waals surface area (Å²) in [4.78, 5) is 34.0. The first kappa shape index (κ1) is 20.6. The lowest BCUT2D eigenvalue weighted by molar-refractivity contribution is -0.132. The van der Waals surface area contributed by atoms with Gasteiger partial charge in [-0.05, 0) is 38.0 Å². The molecule has 0 radical (unpaired) electrons. The summed E-state index contributed by atoms with van der Waals surface area (Å²) < 4.78 is 11.5. The first-order valence-corrected chi connectivity index (χ1v) is 11.0. The number of carbonyl (C=O) groups is 2. The maximum absolute atomic E-state index is 13.3. The van der Waals surface area contributed by atoms with Gasteiger partial charge in [0.1, 0.15) is 0 Å². The summed E-state index contributed by atoms with van der Waals surface area (Å²) in [6.07, 6.45) is 3.44. The number of ether oxygens (including phenoxy) is 1. The van der Waals surface area contributed by atoms with E-state index in [1.165, 1.54) is 0 Å². The van der Waals surface area contributed by atoms with Gasteiger partial charge in [0.25, 0.3) is 5.91 Å². The van der Waals surface area contributed by atoms with Crippen molar-refractivity contribution in [2.24, 2.45) is 0 Å². The number of fused-ring (bicyclic) bond motifs is 1. The Morgan fingerprint density at radius 1 is 1.19 bits per heavy atom. The molecule has 0 aliphatic carbocycles. The van der Waals surface area contributed by atoms with Crippen molar-refractivity contribution < 1.29 is 18.8 Å². The van der Waals surface area contributed by atoms with Crippen LogP contribution in [0.2, 0.25) is 0 Å². The van der Waals surface area contributed by atoms with Crippen molar-refractivity contribution >= 4 is 22.7 Å². The minimum absolute atomic E-state index is 0.0112. The Labute approximate surface area is 186 Å². The normalized spacial score (nSPS) is 18.8. The molecule has 2 amide bonds. The Morgan fingerprint density at radius 2 is 2.03 bits per heavy atom. The molecule has 8 heteroatoms. The number of likely N-dealkylation sites (tertiary alicyclic amines) is 1. The number of aryl methyl sites for hydroxylation is 1.